The Hall–Kier alpha value is -1.55. The SMILES string of the molecule is Cn1cccc1CN(Cc1cccs1)C(=O)CC1CCCCC1. The molecule has 1 saturated carbocycles. The summed E-state index contributed by atoms with van der Waals surface area (Å²) < 4.78 is 2.11. The van der Waals surface area contributed by atoms with Crippen LogP contribution in [-0.4, -0.2) is 15.4 Å². The van der Waals surface area contributed by atoms with Crippen LogP contribution < -0.4 is 0 Å². The van der Waals surface area contributed by atoms with Gasteiger partial charge in [0.2, 0.25) is 5.91 Å². The Morgan fingerprint density at radius 1 is 1.22 bits per heavy atom. The highest BCUT2D eigenvalue weighted by Crippen LogP contribution is 2.27. The lowest BCUT2D eigenvalue weighted by molar-refractivity contribution is -0.133. The van der Waals surface area contributed by atoms with E-state index in [1.165, 1.54) is 42.7 Å². The van der Waals surface area contributed by atoms with Crippen molar-refractivity contribution >= 4 is 17.2 Å². The third kappa shape index (κ3) is 4.47. The second kappa shape index (κ2) is 7.82. The molecular formula is C19H26N2OS. The zero-order valence-corrected chi connectivity index (χ0v) is 14.7. The van der Waals surface area contributed by atoms with Gasteiger partial charge in [-0.3, -0.25) is 4.79 Å². The van der Waals surface area contributed by atoms with E-state index in [4.69, 9.17) is 0 Å². The maximum atomic E-state index is 12.9. The number of carbonyl (C=O) groups excluding carboxylic acids is 1. The molecule has 2 aromatic rings. The molecular weight excluding hydrogens is 304 g/mol. The van der Waals surface area contributed by atoms with Crippen LogP contribution in [0.25, 0.3) is 0 Å². The van der Waals surface area contributed by atoms with Gasteiger partial charge in [0.05, 0.1) is 13.1 Å². The lowest BCUT2D eigenvalue weighted by Crippen LogP contribution is -2.32. The molecule has 1 aliphatic carbocycles. The highest BCUT2D eigenvalue weighted by Gasteiger charge is 2.22. The molecule has 2 aromatic heterocycles. The van der Waals surface area contributed by atoms with Gasteiger partial charge >= 0.3 is 0 Å². The van der Waals surface area contributed by atoms with Crippen LogP contribution in [0.15, 0.2) is 35.8 Å². The van der Waals surface area contributed by atoms with Gasteiger partial charge in [0.25, 0.3) is 0 Å². The van der Waals surface area contributed by atoms with Gasteiger partial charge < -0.3 is 9.47 Å². The Bertz CT molecular complexity index is 611. The van der Waals surface area contributed by atoms with Crippen LogP contribution in [0, 0.1) is 5.92 Å². The topological polar surface area (TPSA) is 25.2 Å². The van der Waals surface area contributed by atoms with Crippen LogP contribution in [-0.2, 0) is 24.9 Å². The largest absolute Gasteiger partial charge is 0.353 e. The van der Waals surface area contributed by atoms with Crippen LogP contribution in [0.3, 0.4) is 0 Å². The predicted molar refractivity (Wildman–Crippen MR) is 95.2 cm³/mol. The van der Waals surface area contributed by atoms with E-state index in [1.54, 1.807) is 11.3 Å². The van der Waals surface area contributed by atoms with Gasteiger partial charge in [-0.25, -0.2) is 0 Å². The minimum atomic E-state index is 0.312. The first-order valence-corrected chi connectivity index (χ1v) is 9.50. The van der Waals surface area contributed by atoms with Crippen molar-refractivity contribution in [1.29, 1.82) is 0 Å². The Labute approximate surface area is 142 Å². The summed E-state index contributed by atoms with van der Waals surface area (Å²) in [5, 5.41) is 2.08. The summed E-state index contributed by atoms with van der Waals surface area (Å²) >= 11 is 1.73. The van der Waals surface area contributed by atoms with Gasteiger partial charge in [-0.1, -0.05) is 25.3 Å². The Kier molecular flexibility index (Phi) is 5.55. The van der Waals surface area contributed by atoms with E-state index in [9.17, 15) is 4.79 Å². The number of amides is 1. The molecule has 1 fully saturated rings. The molecule has 0 spiro atoms. The van der Waals surface area contributed by atoms with E-state index in [-0.39, 0.29) is 0 Å². The Balaban J connectivity index is 1.68. The molecule has 0 atom stereocenters. The van der Waals surface area contributed by atoms with Gasteiger partial charge in [0, 0.05) is 30.2 Å². The highest BCUT2D eigenvalue weighted by molar-refractivity contribution is 7.09. The molecule has 0 N–H and O–H groups in total. The molecule has 3 rings (SSSR count). The van der Waals surface area contributed by atoms with Crippen molar-refractivity contribution < 1.29 is 4.79 Å². The number of hydrogen-bond acceptors (Lipinski definition) is 2. The van der Waals surface area contributed by atoms with Gasteiger partial charge in [-0.05, 0) is 42.3 Å². The number of rotatable bonds is 6. The zero-order chi connectivity index (χ0) is 16.1. The summed E-state index contributed by atoms with van der Waals surface area (Å²) in [7, 11) is 2.05. The maximum Gasteiger partial charge on any atom is 0.223 e. The van der Waals surface area contributed by atoms with Gasteiger partial charge in [-0.15, -0.1) is 11.3 Å². The summed E-state index contributed by atoms with van der Waals surface area (Å²) in [5.74, 6) is 0.905. The van der Waals surface area contributed by atoms with Crippen molar-refractivity contribution in [1.82, 2.24) is 9.47 Å². The van der Waals surface area contributed by atoms with E-state index in [2.05, 4.69) is 28.1 Å². The molecule has 0 bridgehead atoms. The number of thiophene rings is 1. The third-order valence-electron chi connectivity index (χ3n) is 4.87. The molecule has 4 heteroatoms. The zero-order valence-electron chi connectivity index (χ0n) is 13.9. The smallest absolute Gasteiger partial charge is 0.223 e. The van der Waals surface area contributed by atoms with Crippen LogP contribution in [0.2, 0.25) is 0 Å². The van der Waals surface area contributed by atoms with Crippen molar-refractivity contribution in [2.75, 3.05) is 0 Å². The molecule has 124 valence electrons. The lowest BCUT2D eigenvalue weighted by atomic mass is 9.86. The first-order valence-electron chi connectivity index (χ1n) is 8.63. The number of aryl methyl sites for hydroxylation is 1. The minimum Gasteiger partial charge on any atom is -0.353 e. The van der Waals surface area contributed by atoms with Crippen molar-refractivity contribution in [2.24, 2.45) is 13.0 Å². The van der Waals surface area contributed by atoms with Crippen LogP contribution >= 0.6 is 11.3 Å². The number of nitrogens with zero attached hydrogens (tertiary/aromatic N) is 2. The van der Waals surface area contributed by atoms with Gasteiger partial charge in [-0.2, -0.15) is 0 Å². The molecule has 23 heavy (non-hydrogen) atoms. The summed E-state index contributed by atoms with van der Waals surface area (Å²) in [5.41, 5.74) is 1.19. The van der Waals surface area contributed by atoms with Crippen LogP contribution in [0.4, 0.5) is 0 Å². The highest BCUT2D eigenvalue weighted by atomic mass is 32.1. The molecule has 0 aliphatic heterocycles. The van der Waals surface area contributed by atoms with Crippen molar-refractivity contribution in [2.45, 2.75) is 51.6 Å². The molecule has 0 saturated heterocycles. The normalized spacial score (nSPS) is 15.7. The Morgan fingerprint density at radius 3 is 2.70 bits per heavy atom. The van der Waals surface area contributed by atoms with Crippen LogP contribution in [0.5, 0.6) is 0 Å². The molecule has 0 unspecified atom stereocenters. The van der Waals surface area contributed by atoms with E-state index < -0.39 is 0 Å². The quantitative estimate of drug-likeness (QED) is 0.761. The summed E-state index contributed by atoms with van der Waals surface area (Å²) in [6.07, 6.45) is 9.14. The van der Waals surface area contributed by atoms with Gasteiger partial charge in [0.1, 0.15) is 0 Å². The summed E-state index contributed by atoms with van der Waals surface area (Å²) in [6.45, 7) is 1.43. The second-order valence-electron chi connectivity index (χ2n) is 6.65. The van der Waals surface area contributed by atoms with E-state index in [0.717, 1.165) is 13.0 Å². The summed E-state index contributed by atoms with van der Waals surface area (Å²) in [4.78, 5) is 16.2. The first-order chi connectivity index (χ1) is 11.2. The molecule has 0 radical (unpaired) electrons. The van der Waals surface area contributed by atoms with Crippen molar-refractivity contribution in [3.63, 3.8) is 0 Å². The summed E-state index contributed by atoms with van der Waals surface area (Å²) in [6, 6.07) is 8.34. The number of carbonyl (C=O) groups is 1. The van der Waals surface area contributed by atoms with E-state index in [1.807, 2.05) is 24.2 Å². The first kappa shape index (κ1) is 16.3. The fraction of sp³-hybridized carbons (Fsp3) is 0.526. The monoisotopic (exact) mass is 330 g/mol. The molecule has 1 amide bonds. The minimum absolute atomic E-state index is 0.312. The predicted octanol–water partition coefficient (Wildman–Crippen LogP) is 4.59. The standard InChI is InChI=1S/C19H26N2OS/c1-20-11-5-9-17(20)14-21(15-18-10-6-12-23-18)19(22)13-16-7-3-2-4-8-16/h5-6,9-12,16H,2-4,7-8,13-15H2,1H3. The molecule has 3 nitrogen and oxygen atoms in total. The number of aromatic nitrogens is 1. The fourth-order valence-electron chi connectivity index (χ4n) is 3.45. The molecule has 2 heterocycles. The molecule has 0 aromatic carbocycles. The van der Waals surface area contributed by atoms with Crippen molar-refractivity contribution in [3.8, 4) is 0 Å². The fourth-order valence-corrected chi connectivity index (χ4v) is 4.17. The lowest BCUT2D eigenvalue weighted by Gasteiger charge is -2.27. The third-order valence-corrected chi connectivity index (χ3v) is 5.73. The van der Waals surface area contributed by atoms with E-state index in [0.29, 0.717) is 18.4 Å². The Morgan fingerprint density at radius 2 is 2.04 bits per heavy atom. The average Bonchev–Trinajstić information content (AvgIpc) is 3.20. The average molecular weight is 330 g/mol. The van der Waals surface area contributed by atoms with Gasteiger partial charge in [0.15, 0.2) is 0 Å². The maximum absolute atomic E-state index is 12.9. The van der Waals surface area contributed by atoms with Crippen molar-refractivity contribution in [3.05, 3.63) is 46.4 Å². The molecule has 1 aliphatic rings. The van der Waals surface area contributed by atoms with Crippen LogP contribution in [0.1, 0.15) is 49.1 Å². The van der Waals surface area contributed by atoms with E-state index >= 15 is 0 Å². The number of hydrogen-bond donors (Lipinski definition) is 0. The second-order valence-corrected chi connectivity index (χ2v) is 7.68.